The highest BCUT2D eigenvalue weighted by molar-refractivity contribution is 7.17. The van der Waals surface area contributed by atoms with Crippen LogP contribution in [0.4, 0.5) is 0 Å². The van der Waals surface area contributed by atoms with Crippen LogP contribution in [0, 0.1) is 0 Å². The minimum Gasteiger partial charge on any atom is -0.187 e. The summed E-state index contributed by atoms with van der Waals surface area (Å²) < 4.78 is 1.79. The zero-order chi connectivity index (χ0) is 13.4. The van der Waals surface area contributed by atoms with Crippen molar-refractivity contribution in [2.75, 3.05) is 0 Å². The minimum absolute atomic E-state index is 0.243. The summed E-state index contributed by atoms with van der Waals surface area (Å²) in [6.07, 6.45) is 0. The molecular formula is C13H13ClN4S. The highest BCUT2D eigenvalue weighted by Gasteiger charge is 2.19. The molecule has 0 N–H and O–H groups in total. The second-order valence-electron chi connectivity index (χ2n) is 4.62. The van der Waals surface area contributed by atoms with Gasteiger partial charge in [0.2, 0.25) is 4.96 Å². The molecule has 0 aliphatic carbocycles. The molecule has 0 amide bonds. The van der Waals surface area contributed by atoms with Crippen molar-refractivity contribution in [3.8, 4) is 0 Å². The van der Waals surface area contributed by atoms with E-state index >= 15 is 0 Å². The molecule has 0 spiro atoms. The fourth-order valence-electron chi connectivity index (χ4n) is 1.87. The third-order valence-corrected chi connectivity index (χ3v) is 4.41. The second-order valence-corrected chi connectivity index (χ2v) is 6.04. The van der Waals surface area contributed by atoms with Gasteiger partial charge in [-0.3, -0.25) is 0 Å². The van der Waals surface area contributed by atoms with E-state index in [1.165, 1.54) is 11.3 Å². The lowest BCUT2D eigenvalue weighted by Crippen LogP contribution is -2.00. The number of hydrogen-bond acceptors (Lipinski definition) is 4. The standard InChI is InChI=1S/C13H13ClN4S/c1-8(2)11-15-16-13-18(11)17-12(19-13)10(14)9-6-4-3-5-7-9/h3-8,10H,1-2H3. The predicted octanol–water partition coefficient (Wildman–Crippen LogP) is 3.64. The molecule has 2 aromatic heterocycles. The molecule has 1 unspecified atom stereocenters. The first kappa shape index (κ1) is 12.6. The van der Waals surface area contributed by atoms with Gasteiger partial charge in [0.15, 0.2) is 5.82 Å². The Labute approximate surface area is 120 Å². The van der Waals surface area contributed by atoms with Gasteiger partial charge in [-0.1, -0.05) is 55.5 Å². The molecule has 0 saturated heterocycles. The van der Waals surface area contributed by atoms with Gasteiger partial charge in [-0.2, -0.15) is 9.61 Å². The Morgan fingerprint density at radius 1 is 1.16 bits per heavy atom. The molecule has 0 saturated carbocycles. The van der Waals surface area contributed by atoms with Crippen LogP contribution in [0.25, 0.3) is 4.96 Å². The van der Waals surface area contributed by atoms with Crippen molar-refractivity contribution in [3.63, 3.8) is 0 Å². The summed E-state index contributed by atoms with van der Waals surface area (Å²) in [7, 11) is 0. The molecule has 1 aromatic carbocycles. The molecule has 1 atom stereocenters. The van der Waals surface area contributed by atoms with E-state index in [1.807, 2.05) is 30.3 Å². The van der Waals surface area contributed by atoms with E-state index in [4.69, 9.17) is 11.6 Å². The Morgan fingerprint density at radius 2 is 1.89 bits per heavy atom. The summed E-state index contributed by atoms with van der Waals surface area (Å²) in [5, 5.41) is 13.4. The van der Waals surface area contributed by atoms with Gasteiger partial charge in [0, 0.05) is 5.92 Å². The Kier molecular flexibility index (Phi) is 3.24. The molecule has 2 heterocycles. The van der Waals surface area contributed by atoms with E-state index in [0.29, 0.717) is 0 Å². The summed E-state index contributed by atoms with van der Waals surface area (Å²) in [5.74, 6) is 1.16. The summed E-state index contributed by atoms with van der Waals surface area (Å²) in [6.45, 7) is 4.15. The monoisotopic (exact) mass is 292 g/mol. The van der Waals surface area contributed by atoms with Crippen molar-refractivity contribution in [3.05, 3.63) is 46.7 Å². The average molecular weight is 293 g/mol. The quantitative estimate of drug-likeness (QED) is 0.692. The van der Waals surface area contributed by atoms with Gasteiger partial charge in [0.25, 0.3) is 0 Å². The van der Waals surface area contributed by atoms with Gasteiger partial charge in [-0.25, -0.2) is 0 Å². The Hall–Kier alpha value is -1.46. The Morgan fingerprint density at radius 3 is 2.58 bits per heavy atom. The van der Waals surface area contributed by atoms with Gasteiger partial charge >= 0.3 is 0 Å². The van der Waals surface area contributed by atoms with Crippen LogP contribution >= 0.6 is 22.9 Å². The van der Waals surface area contributed by atoms with Crippen LogP contribution in [-0.4, -0.2) is 19.8 Å². The number of nitrogens with zero attached hydrogens (tertiary/aromatic N) is 4. The molecule has 19 heavy (non-hydrogen) atoms. The number of benzene rings is 1. The third kappa shape index (κ3) is 2.24. The fourth-order valence-corrected chi connectivity index (χ4v) is 3.05. The molecule has 0 bridgehead atoms. The van der Waals surface area contributed by atoms with Crippen LogP contribution < -0.4 is 0 Å². The normalized spacial score (nSPS) is 13.3. The fraction of sp³-hybridized carbons (Fsp3) is 0.308. The molecule has 0 aliphatic rings. The first-order valence-corrected chi connectivity index (χ1v) is 7.33. The number of halogens is 1. The molecule has 3 aromatic rings. The van der Waals surface area contributed by atoms with Gasteiger partial charge in [-0.05, 0) is 5.56 Å². The molecule has 6 heteroatoms. The van der Waals surface area contributed by atoms with E-state index in [9.17, 15) is 0 Å². The highest BCUT2D eigenvalue weighted by Crippen LogP contribution is 2.32. The molecule has 98 valence electrons. The number of rotatable bonds is 3. The summed E-state index contributed by atoms with van der Waals surface area (Å²) in [4.78, 5) is 0.792. The topological polar surface area (TPSA) is 43.1 Å². The van der Waals surface area contributed by atoms with Crippen LogP contribution in [0.2, 0.25) is 0 Å². The smallest absolute Gasteiger partial charge is 0.187 e. The van der Waals surface area contributed by atoms with E-state index in [1.54, 1.807) is 4.52 Å². The van der Waals surface area contributed by atoms with Crippen molar-refractivity contribution < 1.29 is 0 Å². The second kappa shape index (κ2) is 4.90. The van der Waals surface area contributed by atoms with E-state index < -0.39 is 0 Å². The number of alkyl halides is 1. The predicted molar refractivity (Wildman–Crippen MR) is 76.9 cm³/mol. The highest BCUT2D eigenvalue weighted by atomic mass is 35.5. The average Bonchev–Trinajstić information content (AvgIpc) is 2.98. The number of fused-ring (bicyclic) bond motifs is 1. The van der Waals surface area contributed by atoms with Gasteiger partial charge in [-0.15, -0.1) is 21.8 Å². The zero-order valence-electron chi connectivity index (χ0n) is 10.6. The molecule has 4 nitrogen and oxygen atoms in total. The largest absolute Gasteiger partial charge is 0.234 e. The minimum atomic E-state index is -0.243. The lowest BCUT2D eigenvalue weighted by molar-refractivity contribution is 0.718. The maximum absolute atomic E-state index is 6.48. The van der Waals surface area contributed by atoms with Crippen molar-refractivity contribution in [2.24, 2.45) is 0 Å². The van der Waals surface area contributed by atoms with Gasteiger partial charge in [0.1, 0.15) is 10.4 Å². The van der Waals surface area contributed by atoms with Crippen molar-refractivity contribution in [1.29, 1.82) is 0 Å². The molecular weight excluding hydrogens is 280 g/mol. The molecule has 3 rings (SSSR count). The number of aromatic nitrogens is 4. The van der Waals surface area contributed by atoms with Crippen LogP contribution in [-0.2, 0) is 0 Å². The van der Waals surface area contributed by atoms with Gasteiger partial charge < -0.3 is 0 Å². The van der Waals surface area contributed by atoms with Gasteiger partial charge in [0.05, 0.1) is 0 Å². The van der Waals surface area contributed by atoms with Crippen LogP contribution in [0.5, 0.6) is 0 Å². The van der Waals surface area contributed by atoms with Crippen molar-refractivity contribution in [1.82, 2.24) is 19.8 Å². The maximum Gasteiger partial charge on any atom is 0.234 e. The van der Waals surface area contributed by atoms with Crippen molar-refractivity contribution >= 4 is 27.9 Å². The van der Waals surface area contributed by atoms with Crippen LogP contribution in [0.3, 0.4) is 0 Å². The van der Waals surface area contributed by atoms with E-state index in [0.717, 1.165) is 21.4 Å². The summed E-state index contributed by atoms with van der Waals surface area (Å²) in [5.41, 5.74) is 1.04. The molecule has 0 fully saturated rings. The zero-order valence-corrected chi connectivity index (χ0v) is 12.2. The lowest BCUT2D eigenvalue weighted by Gasteiger charge is -2.05. The summed E-state index contributed by atoms with van der Waals surface area (Å²) >= 11 is 7.96. The maximum atomic E-state index is 6.48. The Bertz CT molecular complexity index is 689. The molecule has 0 aliphatic heterocycles. The first-order valence-electron chi connectivity index (χ1n) is 6.08. The van der Waals surface area contributed by atoms with Crippen LogP contribution in [0.1, 0.15) is 41.5 Å². The first-order chi connectivity index (χ1) is 9.16. The SMILES string of the molecule is CC(C)c1nnc2sc(C(Cl)c3ccccc3)nn12. The third-order valence-electron chi connectivity index (χ3n) is 2.86. The number of hydrogen-bond donors (Lipinski definition) is 0. The van der Waals surface area contributed by atoms with Crippen molar-refractivity contribution in [2.45, 2.75) is 25.1 Å². The lowest BCUT2D eigenvalue weighted by atomic mass is 10.1. The Balaban J connectivity index is 2.02. The summed E-state index contributed by atoms with van der Waals surface area (Å²) in [6, 6.07) is 9.94. The van der Waals surface area contributed by atoms with Crippen LogP contribution in [0.15, 0.2) is 30.3 Å². The van der Waals surface area contributed by atoms with E-state index in [2.05, 4.69) is 29.1 Å². The van der Waals surface area contributed by atoms with E-state index in [-0.39, 0.29) is 11.3 Å². The molecule has 0 radical (unpaired) electrons.